The zero-order valence-corrected chi connectivity index (χ0v) is 15.3. The van der Waals surface area contributed by atoms with Gasteiger partial charge in [-0.3, -0.25) is 0 Å². The average Bonchev–Trinajstić information content (AvgIpc) is 2.46. The van der Waals surface area contributed by atoms with Crippen molar-refractivity contribution < 1.29 is 21.6 Å². The minimum atomic E-state index is -4.64. The number of nitrogens with zero attached hydrogens (tertiary/aromatic N) is 1. The molecule has 1 aliphatic rings. The fourth-order valence-corrected chi connectivity index (χ4v) is 5.03. The quantitative estimate of drug-likeness (QED) is 0.832. The third-order valence-corrected chi connectivity index (χ3v) is 6.36. The van der Waals surface area contributed by atoms with Gasteiger partial charge in [0.1, 0.15) is 4.90 Å². The van der Waals surface area contributed by atoms with Crippen molar-refractivity contribution in [3.8, 4) is 0 Å². The molecule has 1 saturated heterocycles. The molecule has 1 aromatic carbocycles. The van der Waals surface area contributed by atoms with Crippen LogP contribution in [0.2, 0.25) is 5.02 Å². The van der Waals surface area contributed by atoms with E-state index in [0.29, 0.717) is 18.9 Å². The number of hydrogen-bond acceptors (Lipinski definition) is 3. The fourth-order valence-electron chi connectivity index (χ4n) is 2.76. The molecule has 0 spiro atoms. The Balaban J connectivity index is 0.00000288. The van der Waals surface area contributed by atoms with Gasteiger partial charge in [-0.15, -0.1) is 12.4 Å². The van der Waals surface area contributed by atoms with E-state index in [1.165, 1.54) is 4.31 Å². The predicted octanol–water partition coefficient (Wildman–Crippen LogP) is 3.67. The summed E-state index contributed by atoms with van der Waals surface area (Å²) in [5.41, 5.74) is 4.80. The minimum Gasteiger partial charge on any atom is -0.326 e. The summed E-state index contributed by atoms with van der Waals surface area (Å²) in [6.07, 6.45) is -2.60. The van der Waals surface area contributed by atoms with Crippen LogP contribution in [0.15, 0.2) is 23.1 Å². The number of rotatable bonds is 3. The number of piperidine rings is 1. The lowest BCUT2D eigenvalue weighted by atomic mass is 10.00. The van der Waals surface area contributed by atoms with Gasteiger partial charge in [0.15, 0.2) is 0 Å². The van der Waals surface area contributed by atoms with Crippen molar-refractivity contribution in [3.05, 3.63) is 28.8 Å². The fraction of sp³-hybridized carbons (Fsp3) is 0.571. The molecule has 2 rings (SSSR count). The van der Waals surface area contributed by atoms with Gasteiger partial charge < -0.3 is 5.73 Å². The minimum absolute atomic E-state index is 0. The molecule has 1 fully saturated rings. The Labute approximate surface area is 150 Å². The second-order valence-electron chi connectivity index (χ2n) is 5.68. The molecule has 0 bridgehead atoms. The second-order valence-corrected chi connectivity index (χ2v) is 7.95. The number of benzene rings is 1. The zero-order chi connectivity index (χ0) is 17.4. The molecule has 0 saturated carbocycles. The van der Waals surface area contributed by atoms with Gasteiger partial charge in [-0.25, -0.2) is 8.42 Å². The molecule has 0 radical (unpaired) electrons. The van der Waals surface area contributed by atoms with Gasteiger partial charge >= 0.3 is 6.18 Å². The van der Waals surface area contributed by atoms with E-state index in [4.69, 9.17) is 17.3 Å². The summed E-state index contributed by atoms with van der Waals surface area (Å²) in [4.78, 5) is -0.526. The van der Waals surface area contributed by atoms with Crippen molar-refractivity contribution in [2.45, 2.75) is 49.3 Å². The number of halogens is 5. The van der Waals surface area contributed by atoms with Crippen molar-refractivity contribution in [3.63, 3.8) is 0 Å². The maximum absolute atomic E-state index is 12.9. The highest BCUT2D eigenvalue weighted by atomic mass is 35.5. The van der Waals surface area contributed by atoms with E-state index in [1.807, 2.05) is 0 Å². The Hall–Kier alpha value is -0.540. The Kier molecular flexibility index (Phi) is 6.97. The molecule has 1 aliphatic heterocycles. The number of nitrogens with two attached hydrogens (primary N) is 1. The van der Waals surface area contributed by atoms with Crippen molar-refractivity contribution in [1.82, 2.24) is 4.31 Å². The average molecular weight is 407 g/mol. The Morgan fingerprint density at radius 2 is 1.96 bits per heavy atom. The SMILES string of the molecule is CC(N)C1CCCCN1S(=O)(=O)c1cc(C(F)(F)F)ccc1Cl.Cl. The second kappa shape index (κ2) is 7.78. The van der Waals surface area contributed by atoms with E-state index < -0.39 is 38.7 Å². The Morgan fingerprint density at radius 1 is 1.33 bits per heavy atom. The normalized spacial score (nSPS) is 21.2. The molecular weight excluding hydrogens is 388 g/mol. The molecule has 2 unspecified atom stereocenters. The highest BCUT2D eigenvalue weighted by Gasteiger charge is 2.38. The summed E-state index contributed by atoms with van der Waals surface area (Å²) >= 11 is 5.87. The maximum Gasteiger partial charge on any atom is 0.416 e. The van der Waals surface area contributed by atoms with Crippen LogP contribution >= 0.6 is 24.0 Å². The van der Waals surface area contributed by atoms with Crippen LogP contribution < -0.4 is 5.73 Å². The van der Waals surface area contributed by atoms with Gasteiger partial charge in [0.25, 0.3) is 0 Å². The van der Waals surface area contributed by atoms with E-state index in [1.54, 1.807) is 6.92 Å². The van der Waals surface area contributed by atoms with Crippen LogP contribution in [-0.2, 0) is 16.2 Å². The van der Waals surface area contributed by atoms with Crippen molar-refractivity contribution in [2.75, 3.05) is 6.54 Å². The van der Waals surface area contributed by atoms with E-state index in [2.05, 4.69) is 0 Å². The molecule has 0 amide bonds. The summed E-state index contributed by atoms with van der Waals surface area (Å²) in [6, 6.07) is 1.45. The lowest BCUT2D eigenvalue weighted by Crippen LogP contribution is -2.51. The number of alkyl halides is 3. The first-order valence-corrected chi connectivity index (χ1v) is 9.01. The molecule has 2 N–H and O–H groups in total. The molecule has 2 atom stereocenters. The van der Waals surface area contributed by atoms with E-state index in [-0.39, 0.29) is 24.0 Å². The molecule has 0 aromatic heterocycles. The molecule has 138 valence electrons. The third kappa shape index (κ3) is 4.35. The molecule has 4 nitrogen and oxygen atoms in total. The standard InChI is InChI=1S/C14H18ClF3N2O2S.ClH/c1-9(19)12-4-2-3-7-20(12)23(21,22)13-8-10(14(16,17)18)5-6-11(13)15;/h5-6,8-9,12H,2-4,7,19H2,1H3;1H. The Bertz CT molecular complexity index is 681. The summed E-state index contributed by atoms with van der Waals surface area (Å²) in [5.74, 6) is 0. The van der Waals surface area contributed by atoms with Gasteiger partial charge in [-0.1, -0.05) is 18.0 Å². The lowest BCUT2D eigenvalue weighted by molar-refractivity contribution is -0.137. The predicted molar refractivity (Wildman–Crippen MR) is 88.9 cm³/mol. The van der Waals surface area contributed by atoms with Gasteiger partial charge in [0.05, 0.1) is 10.6 Å². The zero-order valence-electron chi connectivity index (χ0n) is 12.9. The monoisotopic (exact) mass is 406 g/mol. The van der Waals surface area contributed by atoms with Crippen molar-refractivity contribution in [1.29, 1.82) is 0 Å². The molecule has 1 aromatic rings. The first-order valence-electron chi connectivity index (χ1n) is 7.19. The highest BCUT2D eigenvalue weighted by Crippen LogP contribution is 2.36. The number of hydrogen-bond donors (Lipinski definition) is 1. The van der Waals surface area contributed by atoms with Crippen LogP contribution in [0.25, 0.3) is 0 Å². The van der Waals surface area contributed by atoms with Crippen LogP contribution in [0.4, 0.5) is 13.2 Å². The van der Waals surface area contributed by atoms with Crippen molar-refractivity contribution >= 4 is 34.0 Å². The summed E-state index contributed by atoms with van der Waals surface area (Å²) < 4.78 is 65.4. The summed E-state index contributed by atoms with van der Waals surface area (Å²) in [5, 5.41) is -0.230. The first kappa shape index (κ1) is 21.5. The summed E-state index contributed by atoms with van der Waals surface area (Å²) in [6.45, 7) is 1.91. The van der Waals surface area contributed by atoms with Crippen LogP contribution in [0.5, 0.6) is 0 Å². The van der Waals surface area contributed by atoms with E-state index in [0.717, 1.165) is 18.6 Å². The maximum atomic E-state index is 12.9. The van der Waals surface area contributed by atoms with E-state index in [9.17, 15) is 21.6 Å². The molecule has 24 heavy (non-hydrogen) atoms. The van der Waals surface area contributed by atoms with Crippen LogP contribution in [0.3, 0.4) is 0 Å². The molecule has 10 heteroatoms. The van der Waals surface area contributed by atoms with Crippen molar-refractivity contribution in [2.24, 2.45) is 5.73 Å². The molecule has 0 aliphatic carbocycles. The largest absolute Gasteiger partial charge is 0.416 e. The number of sulfonamides is 1. The first-order chi connectivity index (χ1) is 10.5. The third-order valence-electron chi connectivity index (χ3n) is 3.95. The van der Waals surface area contributed by atoms with E-state index >= 15 is 0 Å². The van der Waals surface area contributed by atoms with Gasteiger partial charge in [-0.05, 0) is 38.0 Å². The van der Waals surface area contributed by atoms with Crippen LogP contribution in [-0.4, -0.2) is 31.4 Å². The molecule has 1 heterocycles. The lowest BCUT2D eigenvalue weighted by Gasteiger charge is -2.37. The summed E-state index contributed by atoms with van der Waals surface area (Å²) in [7, 11) is -4.15. The Morgan fingerprint density at radius 3 is 2.50 bits per heavy atom. The van der Waals surface area contributed by atoms with Gasteiger partial charge in [0.2, 0.25) is 10.0 Å². The highest BCUT2D eigenvalue weighted by molar-refractivity contribution is 7.89. The topological polar surface area (TPSA) is 63.4 Å². The van der Waals surface area contributed by atoms with Crippen LogP contribution in [0, 0.1) is 0 Å². The molecular formula is C14H19Cl2F3N2O2S. The van der Waals surface area contributed by atoms with Gasteiger partial charge in [0, 0.05) is 18.6 Å². The van der Waals surface area contributed by atoms with Gasteiger partial charge in [-0.2, -0.15) is 17.5 Å². The smallest absolute Gasteiger partial charge is 0.326 e. The van der Waals surface area contributed by atoms with Crippen LogP contribution in [0.1, 0.15) is 31.7 Å².